The lowest BCUT2D eigenvalue weighted by Gasteiger charge is -2.40. The second-order valence-electron chi connectivity index (χ2n) is 8.72. The number of hydrogen-bond donors (Lipinski definition) is 0. The van der Waals surface area contributed by atoms with Crippen molar-refractivity contribution in [3.63, 3.8) is 0 Å². The Morgan fingerprint density at radius 2 is 1.42 bits per heavy atom. The van der Waals surface area contributed by atoms with Crippen LogP contribution in [0.1, 0.15) is 23.0 Å². The van der Waals surface area contributed by atoms with Crippen molar-refractivity contribution < 1.29 is 13.9 Å². The van der Waals surface area contributed by atoms with Crippen LogP contribution in [-0.2, 0) is 6.54 Å². The van der Waals surface area contributed by atoms with Crippen LogP contribution in [0.15, 0.2) is 72.8 Å². The van der Waals surface area contributed by atoms with E-state index in [2.05, 4.69) is 37.5 Å². The summed E-state index contributed by atoms with van der Waals surface area (Å²) in [6.45, 7) is 3.84. The first-order chi connectivity index (χ1) is 17.6. The number of hydrogen-bond acceptors (Lipinski definition) is 7. The highest BCUT2D eigenvalue weighted by Gasteiger charge is 2.31. The van der Waals surface area contributed by atoms with E-state index in [1.165, 1.54) is 12.1 Å². The van der Waals surface area contributed by atoms with E-state index in [0.29, 0.717) is 6.54 Å². The molecule has 1 aliphatic rings. The zero-order valence-electron chi connectivity index (χ0n) is 20.4. The predicted molar refractivity (Wildman–Crippen MR) is 135 cm³/mol. The van der Waals surface area contributed by atoms with Gasteiger partial charge in [0.15, 0.2) is 5.82 Å². The fraction of sp³-hybridized carbons (Fsp3) is 0.296. The minimum atomic E-state index is -0.264. The van der Waals surface area contributed by atoms with Gasteiger partial charge in [0.25, 0.3) is 0 Å². The maximum Gasteiger partial charge on any atom is 0.173 e. The quantitative estimate of drug-likeness (QED) is 0.374. The van der Waals surface area contributed by atoms with Crippen LogP contribution in [0.4, 0.5) is 10.1 Å². The van der Waals surface area contributed by atoms with Gasteiger partial charge in [0.2, 0.25) is 0 Å². The van der Waals surface area contributed by atoms with Crippen molar-refractivity contribution in [3.05, 3.63) is 95.6 Å². The Morgan fingerprint density at radius 3 is 2.03 bits per heavy atom. The van der Waals surface area contributed by atoms with Crippen molar-refractivity contribution in [1.82, 2.24) is 25.1 Å². The topological polar surface area (TPSA) is 68.5 Å². The lowest BCUT2D eigenvalue weighted by atomic mass is 10.0. The molecule has 0 bridgehead atoms. The van der Waals surface area contributed by atoms with Crippen molar-refractivity contribution in [1.29, 1.82) is 0 Å². The third-order valence-electron chi connectivity index (χ3n) is 6.60. The van der Waals surface area contributed by atoms with Gasteiger partial charge in [-0.2, -0.15) is 0 Å². The van der Waals surface area contributed by atoms with Gasteiger partial charge < -0.3 is 14.4 Å². The predicted octanol–water partition coefficient (Wildman–Crippen LogP) is 3.79. The number of ether oxygens (including phenoxy) is 2. The number of anilines is 1. The number of aromatic nitrogens is 4. The first-order valence-electron chi connectivity index (χ1n) is 11.9. The molecule has 186 valence electrons. The Bertz CT molecular complexity index is 1250. The lowest BCUT2D eigenvalue weighted by molar-refractivity contribution is 0.201. The minimum Gasteiger partial charge on any atom is -0.497 e. The summed E-state index contributed by atoms with van der Waals surface area (Å²) in [5, 5.41) is 12.7. The van der Waals surface area contributed by atoms with E-state index in [9.17, 15) is 4.39 Å². The Balaban J connectivity index is 1.39. The molecule has 9 heteroatoms. The molecule has 0 radical (unpaired) electrons. The van der Waals surface area contributed by atoms with Crippen molar-refractivity contribution >= 4 is 5.69 Å². The molecule has 1 fully saturated rings. The molecule has 8 nitrogen and oxygen atoms in total. The first-order valence-corrected chi connectivity index (χ1v) is 11.9. The highest BCUT2D eigenvalue weighted by molar-refractivity contribution is 5.49. The molecule has 1 aliphatic heterocycles. The summed E-state index contributed by atoms with van der Waals surface area (Å²) in [6.07, 6.45) is 0. The van der Waals surface area contributed by atoms with Crippen molar-refractivity contribution in [2.45, 2.75) is 12.6 Å². The fourth-order valence-electron chi connectivity index (χ4n) is 4.62. The van der Waals surface area contributed by atoms with Gasteiger partial charge in [-0.25, -0.2) is 9.07 Å². The molecule has 1 aromatic heterocycles. The first kappa shape index (κ1) is 23.7. The van der Waals surface area contributed by atoms with Gasteiger partial charge in [-0.05, 0) is 70.1 Å². The van der Waals surface area contributed by atoms with E-state index in [1.54, 1.807) is 14.2 Å². The molecule has 3 aromatic carbocycles. The van der Waals surface area contributed by atoms with E-state index < -0.39 is 0 Å². The Kier molecular flexibility index (Phi) is 7.08. The van der Waals surface area contributed by atoms with Crippen LogP contribution in [0.3, 0.4) is 0 Å². The molecule has 1 saturated heterocycles. The van der Waals surface area contributed by atoms with Gasteiger partial charge in [0.05, 0.1) is 26.8 Å². The van der Waals surface area contributed by atoms with Gasteiger partial charge in [-0.15, -0.1) is 5.10 Å². The number of benzene rings is 3. The molecule has 0 unspecified atom stereocenters. The molecular weight excluding hydrogens is 459 g/mol. The average Bonchev–Trinajstić information content (AvgIpc) is 3.38. The number of tetrazole rings is 1. The summed E-state index contributed by atoms with van der Waals surface area (Å²) in [7, 11) is 3.32. The molecule has 4 aromatic rings. The van der Waals surface area contributed by atoms with Gasteiger partial charge in [-0.1, -0.05) is 24.3 Å². The normalized spacial score (nSPS) is 15.0. The van der Waals surface area contributed by atoms with Crippen LogP contribution < -0.4 is 14.4 Å². The number of nitrogens with zero attached hydrogens (tertiary/aromatic N) is 6. The molecule has 1 atom stereocenters. The van der Waals surface area contributed by atoms with E-state index in [-0.39, 0.29) is 11.9 Å². The smallest absolute Gasteiger partial charge is 0.173 e. The minimum absolute atomic E-state index is 0.197. The van der Waals surface area contributed by atoms with Gasteiger partial charge in [-0.3, -0.25) is 4.90 Å². The maximum absolute atomic E-state index is 13.8. The second-order valence-corrected chi connectivity index (χ2v) is 8.72. The molecule has 0 saturated carbocycles. The zero-order valence-corrected chi connectivity index (χ0v) is 20.4. The summed E-state index contributed by atoms with van der Waals surface area (Å²) < 4.78 is 26.2. The molecule has 0 aliphatic carbocycles. The Labute approximate surface area is 209 Å². The third kappa shape index (κ3) is 5.16. The fourth-order valence-corrected chi connectivity index (χ4v) is 4.62. The van der Waals surface area contributed by atoms with Crippen LogP contribution >= 0.6 is 0 Å². The highest BCUT2D eigenvalue weighted by Crippen LogP contribution is 2.30. The van der Waals surface area contributed by atoms with Gasteiger partial charge >= 0.3 is 0 Å². The van der Waals surface area contributed by atoms with Crippen LogP contribution in [0.25, 0.3) is 0 Å². The standard InChI is InChI=1S/C27H29FN6O2/c1-35-24-11-3-20(4-12-24)19-34-27(29-30-31-34)26(21-5-7-22(28)8-6-21)33-17-15-32(16-18-33)23-9-13-25(36-2)14-10-23/h3-14,26H,15-19H2,1-2H3/t26-/m0/s1. The van der Waals surface area contributed by atoms with Crippen molar-refractivity contribution in [3.8, 4) is 11.5 Å². The van der Waals surface area contributed by atoms with Crippen LogP contribution in [0.2, 0.25) is 0 Å². The third-order valence-corrected chi connectivity index (χ3v) is 6.60. The molecule has 5 rings (SSSR count). The molecule has 0 spiro atoms. The molecular formula is C27H29FN6O2. The summed E-state index contributed by atoms with van der Waals surface area (Å²) in [5.74, 6) is 2.11. The van der Waals surface area contributed by atoms with E-state index in [0.717, 1.165) is 60.3 Å². The molecule has 0 N–H and O–H groups in total. The van der Waals surface area contributed by atoms with E-state index in [4.69, 9.17) is 9.47 Å². The molecule has 0 amide bonds. The van der Waals surface area contributed by atoms with Crippen molar-refractivity contribution in [2.24, 2.45) is 0 Å². The summed E-state index contributed by atoms with van der Waals surface area (Å²) in [5.41, 5.74) is 3.18. The summed E-state index contributed by atoms with van der Waals surface area (Å²) >= 11 is 0. The van der Waals surface area contributed by atoms with E-state index >= 15 is 0 Å². The summed E-state index contributed by atoms with van der Waals surface area (Å²) in [4.78, 5) is 4.72. The molecule has 2 heterocycles. The van der Waals surface area contributed by atoms with E-state index in [1.807, 2.05) is 53.2 Å². The van der Waals surface area contributed by atoms with Crippen LogP contribution in [0, 0.1) is 5.82 Å². The van der Waals surface area contributed by atoms with Gasteiger partial charge in [0, 0.05) is 31.9 Å². The van der Waals surface area contributed by atoms with Crippen molar-refractivity contribution in [2.75, 3.05) is 45.3 Å². The average molecular weight is 489 g/mol. The highest BCUT2D eigenvalue weighted by atomic mass is 19.1. The number of halogens is 1. The summed E-state index contributed by atoms with van der Waals surface area (Å²) in [6, 6.07) is 22.4. The largest absolute Gasteiger partial charge is 0.497 e. The van der Waals surface area contributed by atoms with Crippen LogP contribution in [-0.4, -0.2) is 65.5 Å². The number of methoxy groups -OCH3 is 2. The maximum atomic E-state index is 13.8. The Morgan fingerprint density at radius 1 is 0.806 bits per heavy atom. The Hall–Kier alpha value is -3.98. The SMILES string of the molecule is COc1ccc(Cn2nnnc2[C@H](c2ccc(F)cc2)N2CCN(c3ccc(OC)cc3)CC2)cc1. The molecule has 36 heavy (non-hydrogen) atoms. The van der Waals surface area contributed by atoms with Crippen LogP contribution in [0.5, 0.6) is 11.5 Å². The monoisotopic (exact) mass is 488 g/mol. The lowest BCUT2D eigenvalue weighted by Crippen LogP contribution is -2.48. The number of rotatable bonds is 8. The zero-order chi connectivity index (χ0) is 24.9. The van der Waals surface area contributed by atoms with Gasteiger partial charge in [0.1, 0.15) is 17.3 Å². The number of piperazine rings is 1. The second kappa shape index (κ2) is 10.7.